The number of aliphatic hydroxyl groups excluding tert-OH is 1. The van der Waals surface area contributed by atoms with Crippen LogP contribution in [0.3, 0.4) is 0 Å². The van der Waals surface area contributed by atoms with Crippen molar-refractivity contribution in [2.75, 3.05) is 13.1 Å². The largest absolute Gasteiger partial charge is 0.619 e. The molecule has 0 bridgehead atoms. The number of pyridine rings is 1. The molecule has 6 nitrogen and oxygen atoms in total. The van der Waals surface area contributed by atoms with E-state index in [1.54, 1.807) is 4.90 Å². The van der Waals surface area contributed by atoms with Crippen LogP contribution < -0.4 is 10.5 Å². The van der Waals surface area contributed by atoms with Crippen molar-refractivity contribution in [1.29, 1.82) is 0 Å². The summed E-state index contributed by atoms with van der Waals surface area (Å²) in [6, 6.07) is 1.95. The summed E-state index contributed by atoms with van der Waals surface area (Å²) in [7, 11) is 0. The first-order chi connectivity index (χ1) is 8.59. The fraction of sp³-hybridized carbons (Fsp3) is 0.500. The van der Waals surface area contributed by atoms with Crippen LogP contribution in [0.5, 0.6) is 0 Å². The molecule has 0 aliphatic carbocycles. The summed E-state index contributed by atoms with van der Waals surface area (Å²) < 4.78 is 0.615. The standard InChI is InChI=1S/C12H17N3O3.ClH/c13-10(12(17)14-5-1-2-6-14)11(16)9-3-7-15(18)8-4-9;/h3-4,7-8,10-11,16H,1-2,5-6,13H2;1H/t10-,11+;/m1./s1. The smallest absolute Gasteiger partial charge is 0.242 e. The predicted octanol–water partition coefficient (Wildman–Crippen LogP) is -0.275. The van der Waals surface area contributed by atoms with E-state index in [0.29, 0.717) is 23.4 Å². The van der Waals surface area contributed by atoms with Crippen LogP contribution in [0.2, 0.25) is 0 Å². The van der Waals surface area contributed by atoms with Crippen molar-refractivity contribution >= 4 is 18.3 Å². The Balaban J connectivity index is 0.00000180. The average molecular weight is 288 g/mol. The van der Waals surface area contributed by atoms with Gasteiger partial charge in [0.25, 0.3) is 0 Å². The van der Waals surface area contributed by atoms with E-state index in [9.17, 15) is 15.1 Å². The number of nitrogens with zero attached hydrogens (tertiary/aromatic N) is 2. The highest BCUT2D eigenvalue weighted by molar-refractivity contribution is 5.85. The molecule has 7 heteroatoms. The lowest BCUT2D eigenvalue weighted by molar-refractivity contribution is -0.605. The molecule has 0 radical (unpaired) electrons. The number of carbonyl (C=O) groups excluding carboxylic acids is 1. The quantitative estimate of drug-likeness (QED) is 0.591. The number of hydrogen-bond donors (Lipinski definition) is 2. The first-order valence-corrected chi connectivity index (χ1v) is 6.01. The molecule has 2 atom stereocenters. The Morgan fingerprint density at radius 3 is 2.42 bits per heavy atom. The second-order valence-electron chi connectivity index (χ2n) is 4.49. The van der Waals surface area contributed by atoms with E-state index in [1.165, 1.54) is 24.5 Å². The van der Waals surface area contributed by atoms with Crippen LogP contribution in [0.25, 0.3) is 0 Å². The van der Waals surface area contributed by atoms with Crippen LogP contribution in [0.4, 0.5) is 0 Å². The van der Waals surface area contributed by atoms with Crippen molar-refractivity contribution in [1.82, 2.24) is 4.90 Å². The molecule has 106 valence electrons. The fourth-order valence-electron chi connectivity index (χ4n) is 2.11. The van der Waals surface area contributed by atoms with Gasteiger partial charge in [-0.15, -0.1) is 12.4 Å². The molecular formula is C12H18ClN3O3. The molecule has 1 aromatic rings. The number of aromatic nitrogens is 1. The Bertz CT molecular complexity index is 421. The molecule has 3 N–H and O–H groups in total. The maximum absolute atomic E-state index is 12.0. The van der Waals surface area contributed by atoms with Crippen LogP contribution in [-0.2, 0) is 4.79 Å². The van der Waals surface area contributed by atoms with Gasteiger partial charge in [-0.05, 0) is 18.4 Å². The number of amides is 1. The van der Waals surface area contributed by atoms with E-state index >= 15 is 0 Å². The number of aliphatic hydroxyl groups is 1. The van der Waals surface area contributed by atoms with Crippen LogP contribution in [-0.4, -0.2) is 35.0 Å². The zero-order valence-corrected chi connectivity index (χ0v) is 11.3. The van der Waals surface area contributed by atoms with Crippen molar-refractivity contribution < 1.29 is 14.6 Å². The summed E-state index contributed by atoms with van der Waals surface area (Å²) in [6.07, 6.45) is 3.42. The molecule has 0 unspecified atom stereocenters. The van der Waals surface area contributed by atoms with Crippen molar-refractivity contribution in [3.63, 3.8) is 0 Å². The minimum atomic E-state index is -1.08. The molecule has 2 heterocycles. The molecule has 1 fully saturated rings. The maximum Gasteiger partial charge on any atom is 0.242 e. The molecule has 1 saturated heterocycles. The third-order valence-corrected chi connectivity index (χ3v) is 3.21. The van der Waals surface area contributed by atoms with Crippen LogP contribution >= 0.6 is 12.4 Å². The Labute approximate surface area is 117 Å². The number of likely N-dealkylation sites (tertiary alicyclic amines) is 1. The van der Waals surface area contributed by atoms with Crippen molar-refractivity contribution in [2.45, 2.75) is 25.0 Å². The zero-order chi connectivity index (χ0) is 13.1. The molecule has 1 amide bonds. The summed E-state index contributed by atoms with van der Waals surface area (Å²) in [5, 5.41) is 20.9. The van der Waals surface area contributed by atoms with Crippen LogP contribution in [0.1, 0.15) is 24.5 Å². The number of halogens is 1. The molecule has 1 aliphatic heterocycles. The zero-order valence-electron chi connectivity index (χ0n) is 10.4. The monoisotopic (exact) mass is 287 g/mol. The minimum Gasteiger partial charge on any atom is -0.619 e. The van der Waals surface area contributed by atoms with Gasteiger partial charge in [0.05, 0.1) is 0 Å². The molecule has 0 spiro atoms. The molecule has 1 aromatic heterocycles. The van der Waals surface area contributed by atoms with Crippen molar-refractivity contribution in [3.05, 3.63) is 35.3 Å². The first-order valence-electron chi connectivity index (χ1n) is 6.01. The fourth-order valence-corrected chi connectivity index (χ4v) is 2.11. The van der Waals surface area contributed by atoms with E-state index in [2.05, 4.69) is 0 Å². The Morgan fingerprint density at radius 1 is 1.37 bits per heavy atom. The molecule has 19 heavy (non-hydrogen) atoms. The third-order valence-electron chi connectivity index (χ3n) is 3.21. The second kappa shape index (κ2) is 6.70. The highest BCUT2D eigenvalue weighted by atomic mass is 35.5. The number of hydrogen-bond acceptors (Lipinski definition) is 4. The van der Waals surface area contributed by atoms with E-state index in [1.807, 2.05) is 0 Å². The summed E-state index contributed by atoms with van der Waals surface area (Å²) >= 11 is 0. The first kappa shape index (κ1) is 15.7. The molecule has 1 aliphatic rings. The summed E-state index contributed by atoms with van der Waals surface area (Å²) in [6.45, 7) is 1.41. The summed E-state index contributed by atoms with van der Waals surface area (Å²) in [4.78, 5) is 13.7. The predicted molar refractivity (Wildman–Crippen MR) is 71.4 cm³/mol. The Kier molecular flexibility index (Phi) is 5.53. The van der Waals surface area contributed by atoms with Gasteiger partial charge in [0.1, 0.15) is 12.1 Å². The van der Waals surface area contributed by atoms with Crippen molar-refractivity contribution in [3.8, 4) is 0 Å². The lowest BCUT2D eigenvalue weighted by atomic mass is 10.0. The molecular weight excluding hydrogens is 270 g/mol. The minimum absolute atomic E-state index is 0. The van der Waals surface area contributed by atoms with Gasteiger partial charge in [-0.1, -0.05) is 0 Å². The van der Waals surface area contributed by atoms with Gasteiger partial charge in [0.2, 0.25) is 5.91 Å². The number of carbonyl (C=O) groups is 1. The number of rotatable bonds is 3. The summed E-state index contributed by atoms with van der Waals surface area (Å²) in [5.41, 5.74) is 6.26. The van der Waals surface area contributed by atoms with Crippen LogP contribution in [0.15, 0.2) is 24.5 Å². The Morgan fingerprint density at radius 2 is 1.89 bits per heavy atom. The van der Waals surface area contributed by atoms with Crippen LogP contribution in [0, 0.1) is 5.21 Å². The third kappa shape index (κ3) is 3.56. The molecule has 2 rings (SSSR count). The van der Waals surface area contributed by atoms with Gasteiger partial charge in [-0.25, -0.2) is 0 Å². The normalized spacial score (nSPS) is 17.7. The van der Waals surface area contributed by atoms with E-state index < -0.39 is 12.1 Å². The highest BCUT2D eigenvalue weighted by Crippen LogP contribution is 2.17. The van der Waals surface area contributed by atoms with Gasteiger partial charge < -0.3 is 20.9 Å². The molecule has 0 saturated carbocycles. The topological polar surface area (TPSA) is 93.5 Å². The van der Waals surface area contributed by atoms with Gasteiger partial charge in [0.15, 0.2) is 12.4 Å². The number of nitrogens with two attached hydrogens (primary N) is 1. The van der Waals surface area contributed by atoms with Gasteiger partial charge in [-0.3, -0.25) is 4.79 Å². The highest BCUT2D eigenvalue weighted by Gasteiger charge is 2.29. The van der Waals surface area contributed by atoms with Gasteiger partial charge in [0, 0.05) is 25.2 Å². The van der Waals surface area contributed by atoms with E-state index in [-0.39, 0.29) is 18.3 Å². The van der Waals surface area contributed by atoms with E-state index in [0.717, 1.165) is 12.8 Å². The van der Waals surface area contributed by atoms with Crippen molar-refractivity contribution in [2.24, 2.45) is 5.73 Å². The maximum atomic E-state index is 12.0. The lowest BCUT2D eigenvalue weighted by Gasteiger charge is -2.23. The van der Waals surface area contributed by atoms with Gasteiger partial charge in [-0.2, -0.15) is 4.73 Å². The average Bonchev–Trinajstić information content (AvgIpc) is 2.91. The second-order valence-corrected chi connectivity index (χ2v) is 4.49. The molecule has 0 aromatic carbocycles. The van der Waals surface area contributed by atoms with E-state index in [4.69, 9.17) is 5.73 Å². The van der Waals surface area contributed by atoms with Gasteiger partial charge >= 0.3 is 0 Å². The lowest BCUT2D eigenvalue weighted by Crippen LogP contribution is -2.46. The SMILES string of the molecule is Cl.N[C@@H](C(=O)N1CCCC1)[C@@H](O)c1cc[n+]([O-])cc1. The Hall–Kier alpha value is -1.37. The summed E-state index contributed by atoms with van der Waals surface area (Å²) in [5.74, 6) is -0.237.